The maximum Gasteiger partial charge on any atom is 0.337 e. The number of pyridine rings is 1. The largest absolute Gasteiger partial charge is 0.478 e. The van der Waals surface area contributed by atoms with Crippen LogP contribution in [0.4, 0.5) is 4.39 Å². The zero-order valence-electron chi connectivity index (χ0n) is 9.64. The number of carboxylic acids is 1. The van der Waals surface area contributed by atoms with Gasteiger partial charge in [0.25, 0.3) is 0 Å². The maximum absolute atomic E-state index is 13.6. The van der Waals surface area contributed by atoms with Gasteiger partial charge in [-0.05, 0) is 29.8 Å². The number of benzene rings is 1. The fraction of sp³-hybridized carbons (Fsp3) is 0.0769. The third-order valence-corrected chi connectivity index (χ3v) is 3.86. The summed E-state index contributed by atoms with van der Waals surface area (Å²) in [6.45, 7) is 0. The summed E-state index contributed by atoms with van der Waals surface area (Å²) in [5, 5.41) is 9.40. The minimum Gasteiger partial charge on any atom is -0.478 e. The van der Waals surface area contributed by atoms with Crippen molar-refractivity contribution in [2.75, 3.05) is 0 Å². The molecule has 1 heterocycles. The second-order valence-corrected chi connectivity index (χ2v) is 5.63. The summed E-state index contributed by atoms with van der Waals surface area (Å²) in [6, 6.07) is 8.00. The van der Waals surface area contributed by atoms with Gasteiger partial charge in [-0.2, -0.15) is 0 Å². The smallest absolute Gasteiger partial charge is 0.337 e. The predicted molar refractivity (Wildman–Crippen MR) is 74.9 cm³/mol. The third-order valence-electron chi connectivity index (χ3n) is 2.37. The molecule has 0 saturated heterocycles. The average molecular weight is 342 g/mol. The number of halogens is 2. The van der Waals surface area contributed by atoms with Gasteiger partial charge >= 0.3 is 5.97 Å². The van der Waals surface area contributed by atoms with E-state index in [2.05, 4.69) is 20.9 Å². The maximum atomic E-state index is 13.6. The number of rotatable bonds is 4. The van der Waals surface area contributed by atoms with Gasteiger partial charge in [-0.15, -0.1) is 11.8 Å². The summed E-state index contributed by atoms with van der Waals surface area (Å²) >= 11 is 4.55. The van der Waals surface area contributed by atoms with Crippen LogP contribution in [0, 0.1) is 5.82 Å². The fourth-order valence-electron chi connectivity index (χ4n) is 1.38. The van der Waals surface area contributed by atoms with Crippen molar-refractivity contribution in [1.82, 2.24) is 4.98 Å². The Bertz CT molecular complexity index is 604. The van der Waals surface area contributed by atoms with Gasteiger partial charge < -0.3 is 5.11 Å². The lowest BCUT2D eigenvalue weighted by Crippen LogP contribution is -1.96. The first-order chi connectivity index (χ1) is 9.06. The SMILES string of the molecule is O=C(O)c1ccc(SCc2ccc(Br)cc2F)nc1. The molecule has 0 unspecified atom stereocenters. The highest BCUT2D eigenvalue weighted by Crippen LogP contribution is 2.24. The molecule has 98 valence electrons. The molecule has 6 heteroatoms. The Kier molecular flexibility index (Phi) is 4.55. The van der Waals surface area contributed by atoms with E-state index in [1.54, 1.807) is 18.2 Å². The van der Waals surface area contributed by atoms with Gasteiger partial charge in [-0.3, -0.25) is 0 Å². The Morgan fingerprint density at radius 3 is 2.74 bits per heavy atom. The zero-order chi connectivity index (χ0) is 13.8. The standard InChI is InChI=1S/C13H9BrFNO2S/c14-10-3-1-9(11(15)5-10)7-19-12-4-2-8(6-16-12)13(17)18/h1-6H,7H2,(H,17,18). The molecular weight excluding hydrogens is 333 g/mol. The molecule has 19 heavy (non-hydrogen) atoms. The molecular formula is C13H9BrFNO2S. The van der Waals surface area contributed by atoms with Crippen LogP contribution in [0.15, 0.2) is 46.0 Å². The number of nitrogens with zero attached hydrogens (tertiary/aromatic N) is 1. The molecule has 0 aliphatic heterocycles. The minimum absolute atomic E-state index is 0.138. The van der Waals surface area contributed by atoms with E-state index in [0.717, 1.165) is 0 Å². The number of carbonyl (C=O) groups is 1. The van der Waals surface area contributed by atoms with Crippen LogP contribution in [-0.4, -0.2) is 16.1 Å². The van der Waals surface area contributed by atoms with E-state index >= 15 is 0 Å². The van der Waals surface area contributed by atoms with Crippen molar-refractivity contribution in [3.8, 4) is 0 Å². The van der Waals surface area contributed by atoms with Crippen molar-refractivity contribution >= 4 is 33.7 Å². The van der Waals surface area contributed by atoms with Crippen LogP contribution in [0.25, 0.3) is 0 Å². The van der Waals surface area contributed by atoms with Gasteiger partial charge in [-0.1, -0.05) is 22.0 Å². The van der Waals surface area contributed by atoms with Crippen molar-refractivity contribution in [3.05, 3.63) is 57.9 Å². The predicted octanol–water partition coefficient (Wildman–Crippen LogP) is 3.97. The summed E-state index contributed by atoms with van der Waals surface area (Å²) in [7, 11) is 0. The van der Waals surface area contributed by atoms with Crippen molar-refractivity contribution in [3.63, 3.8) is 0 Å². The summed E-state index contributed by atoms with van der Waals surface area (Å²) in [4.78, 5) is 14.7. The first kappa shape index (κ1) is 14.0. The van der Waals surface area contributed by atoms with Crippen LogP contribution in [0.3, 0.4) is 0 Å². The van der Waals surface area contributed by atoms with E-state index in [1.807, 2.05) is 0 Å². The van der Waals surface area contributed by atoms with E-state index in [9.17, 15) is 9.18 Å². The monoisotopic (exact) mass is 341 g/mol. The molecule has 1 N–H and O–H groups in total. The van der Waals surface area contributed by atoms with E-state index in [1.165, 1.54) is 30.1 Å². The lowest BCUT2D eigenvalue weighted by Gasteiger charge is -2.04. The quantitative estimate of drug-likeness (QED) is 0.854. The van der Waals surface area contributed by atoms with Gasteiger partial charge in [-0.25, -0.2) is 14.2 Å². The van der Waals surface area contributed by atoms with Crippen molar-refractivity contribution in [2.24, 2.45) is 0 Å². The molecule has 2 aromatic rings. The highest BCUT2D eigenvalue weighted by atomic mass is 79.9. The number of carboxylic acid groups (broad SMARTS) is 1. The Balaban J connectivity index is 2.04. The van der Waals surface area contributed by atoms with Crippen molar-refractivity contribution in [1.29, 1.82) is 0 Å². The molecule has 0 radical (unpaired) electrons. The van der Waals surface area contributed by atoms with Crippen LogP contribution >= 0.6 is 27.7 Å². The van der Waals surface area contributed by atoms with Gasteiger partial charge in [0.1, 0.15) is 5.82 Å². The van der Waals surface area contributed by atoms with E-state index in [0.29, 0.717) is 20.8 Å². The Labute approximate surface area is 122 Å². The lowest BCUT2D eigenvalue weighted by atomic mass is 10.2. The molecule has 3 nitrogen and oxygen atoms in total. The molecule has 0 fully saturated rings. The highest BCUT2D eigenvalue weighted by Gasteiger charge is 2.06. The van der Waals surface area contributed by atoms with Crippen LogP contribution in [0.1, 0.15) is 15.9 Å². The van der Waals surface area contributed by atoms with Crippen LogP contribution in [0.5, 0.6) is 0 Å². The summed E-state index contributed by atoms with van der Waals surface area (Å²) in [5.74, 6) is -0.842. The topological polar surface area (TPSA) is 50.2 Å². The van der Waals surface area contributed by atoms with Gasteiger partial charge in [0, 0.05) is 16.4 Å². The summed E-state index contributed by atoms with van der Waals surface area (Å²) in [5.41, 5.74) is 0.719. The molecule has 2 rings (SSSR count). The first-order valence-electron chi connectivity index (χ1n) is 5.32. The minimum atomic E-state index is -1.01. The average Bonchev–Trinajstić information content (AvgIpc) is 2.38. The molecule has 1 aromatic carbocycles. The molecule has 0 atom stereocenters. The number of aromatic carboxylic acids is 1. The summed E-state index contributed by atoms with van der Waals surface area (Å²) < 4.78 is 14.3. The number of hydrogen-bond donors (Lipinski definition) is 1. The van der Waals surface area contributed by atoms with Gasteiger partial charge in [0.15, 0.2) is 0 Å². The van der Waals surface area contributed by atoms with Crippen molar-refractivity contribution in [2.45, 2.75) is 10.8 Å². The number of thioether (sulfide) groups is 1. The third kappa shape index (κ3) is 3.78. The number of hydrogen-bond acceptors (Lipinski definition) is 3. The van der Waals surface area contributed by atoms with E-state index in [-0.39, 0.29) is 11.4 Å². The summed E-state index contributed by atoms with van der Waals surface area (Å²) in [6.07, 6.45) is 1.29. The molecule has 0 amide bonds. The zero-order valence-corrected chi connectivity index (χ0v) is 12.0. The Morgan fingerprint density at radius 1 is 1.37 bits per heavy atom. The highest BCUT2D eigenvalue weighted by molar-refractivity contribution is 9.10. The molecule has 0 spiro atoms. The Morgan fingerprint density at radius 2 is 2.16 bits per heavy atom. The molecule has 0 bridgehead atoms. The van der Waals surface area contributed by atoms with Crippen LogP contribution in [0.2, 0.25) is 0 Å². The van der Waals surface area contributed by atoms with Crippen LogP contribution in [-0.2, 0) is 5.75 Å². The second-order valence-electron chi connectivity index (χ2n) is 3.71. The normalized spacial score (nSPS) is 10.4. The van der Waals surface area contributed by atoms with Crippen molar-refractivity contribution < 1.29 is 14.3 Å². The number of aromatic nitrogens is 1. The van der Waals surface area contributed by atoms with Crippen LogP contribution < -0.4 is 0 Å². The van der Waals surface area contributed by atoms with Gasteiger partial charge in [0.2, 0.25) is 0 Å². The fourth-order valence-corrected chi connectivity index (χ4v) is 2.54. The first-order valence-corrected chi connectivity index (χ1v) is 7.10. The van der Waals surface area contributed by atoms with Gasteiger partial charge in [0.05, 0.1) is 10.6 Å². The second kappa shape index (κ2) is 6.16. The molecule has 0 aliphatic rings. The molecule has 0 aliphatic carbocycles. The lowest BCUT2D eigenvalue weighted by molar-refractivity contribution is 0.0696. The van der Waals surface area contributed by atoms with E-state index in [4.69, 9.17) is 5.11 Å². The molecule has 0 saturated carbocycles. The molecule has 1 aromatic heterocycles. The van der Waals surface area contributed by atoms with E-state index < -0.39 is 5.97 Å². The Hall–Kier alpha value is -1.40.